The number of hydrogen-bond acceptors (Lipinski definition) is 3. The Hall–Kier alpha value is -1.79. The summed E-state index contributed by atoms with van der Waals surface area (Å²) in [7, 11) is 0. The van der Waals surface area contributed by atoms with E-state index in [9.17, 15) is 14.4 Å². The van der Waals surface area contributed by atoms with Crippen molar-refractivity contribution in [1.82, 2.24) is 10.6 Å². The van der Waals surface area contributed by atoms with Crippen LogP contribution < -0.4 is 16.4 Å². The lowest BCUT2D eigenvalue weighted by Gasteiger charge is -2.28. The van der Waals surface area contributed by atoms with Crippen LogP contribution in [-0.4, -0.2) is 35.6 Å². The van der Waals surface area contributed by atoms with Gasteiger partial charge in [0.2, 0.25) is 5.91 Å². The number of carboxylic acids is 1. The first-order valence-corrected chi connectivity index (χ1v) is 5.95. The van der Waals surface area contributed by atoms with Gasteiger partial charge in [-0.25, -0.2) is 9.59 Å². The lowest BCUT2D eigenvalue weighted by atomic mass is 9.87. The summed E-state index contributed by atoms with van der Waals surface area (Å²) in [5.41, 5.74) is 3.66. The number of amides is 3. The Balaban J connectivity index is 4.54. The summed E-state index contributed by atoms with van der Waals surface area (Å²) in [6, 6.07) is -1.67. The van der Waals surface area contributed by atoms with Gasteiger partial charge in [0, 0.05) is 6.54 Å². The maximum atomic E-state index is 11.6. The number of nitrogens with two attached hydrogens (primary N) is 1. The molecule has 0 saturated heterocycles. The van der Waals surface area contributed by atoms with Crippen LogP contribution in [0.4, 0.5) is 4.79 Å². The molecule has 0 aromatic heterocycles. The van der Waals surface area contributed by atoms with E-state index in [1.807, 2.05) is 0 Å². The third kappa shape index (κ3) is 5.58. The molecule has 1 atom stereocenters. The summed E-state index contributed by atoms with van der Waals surface area (Å²) in [6.45, 7) is 8.34. The van der Waals surface area contributed by atoms with Gasteiger partial charge in [-0.2, -0.15) is 0 Å². The van der Waals surface area contributed by atoms with Crippen molar-refractivity contribution >= 4 is 17.9 Å². The second-order valence-electron chi connectivity index (χ2n) is 6.21. The van der Waals surface area contributed by atoms with Crippen LogP contribution in [0.2, 0.25) is 0 Å². The van der Waals surface area contributed by atoms with Gasteiger partial charge in [0.25, 0.3) is 0 Å². The number of carbonyl (C=O) groups excluding carboxylic acids is 2. The van der Waals surface area contributed by atoms with Crippen LogP contribution in [-0.2, 0) is 9.59 Å². The number of carboxylic acid groups (broad SMARTS) is 1. The minimum atomic E-state index is -1.11. The van der Waals surface area contributed by atoms with Gasteiger partial charge < -0.3 is 21.5 Å². The van der Waals surface area contributed by atoms with E-state index in [4.69, 9.17) is 10.8 Å². The molecular weight excluding hydrogens is 250 g/mol. The molecule has 0 spiro atoms. The molecule has 0 bridgehead atoms. The summed E-state index contributed by atoms with van der Waals surface area (Å²) in [5.74, 6) is -1.66. The average molecular weight is 273 g/mol. The first kappa shape index (κ1) is 17.2. The van der Waals surface area contributed by atoms with E-state index in [1.165, 1.54) is 0 Å². The van der Waals surface area contributed by atoms with Crippen molar-refractivity contribution in [3.63, 3.8) is 0 Å². The molecule has 0 fully saturated rings. The minimum absolute atomic E-state index is 0.0324. The van der Waals surface area contributed by atoms with E-state index in [-0.39, 0.29) is 6.54 Å². The van der Waals surface area contributed by atoms with Crippen molar-refractivity contribution in [2.45, 2.75) is 40.7 Å². The first-order chi connectivity index (χ1) is 8.38. The highest BCUT2D eigenvalue weighted by atomic mass is 16.4. The van der Waals surface area contributed by atoms with Crippen molar-refractivity contribution in [2.75, 3.05) is 6.54 Å². The molecule has 0 aliphatic carbocycles. The quantitative estimate of drug-likeness (QED) is 0.575. The zero-order valence-corrected chi connectivity index (χ0v) is 12.0. The molecule has 7 nitrogen and oxygen atoms in total. The maximum Gasteiger partial charge on any atom is 0.326 e. The van der Waals surface area contributed by atoms with Gasteiger partial charge in [0.05, 0.1) is 5.41 Å². The summed E-state index contributed by atoms with van der Waals surface area (Å²) in [5, 5.41) is 13.9. The van der Waals surface area contributed by atoms with E-state index in [0.29, 0.717) is 0 Å². The molecule has 7 heteroatoms. The van der Waals surface area contributed by atoms with Gasteiger partial charge in [-0.3, -0.25) is 4.79 Å². The Bertz CT molecular complexity index is 372. The summed E-state index contributed by atoms with van der Waals surface area (Å²) in [6.07, 6.45) is 0. The third-order valence-electron chi connectivity index (χ3n) is 2.75. The fourth-order valence-electron chi connectivity index (χ4n) is 1.22. The van der Waals surface area contributed by atoms with E-state index in [0.717, 1.165) is 0 Å². The van der Waals surface area contributed by atoms with Crippen LogP contribution in [0.3, 0.4) is 0 Å². The van der Waals surface area contributed by atoms with E-state index < -0.39 is 34.8 Å². The molecule has 0 aliphatic heterocycles. The fraction of sp³-hybridized carbons (Fsp3) is 0.750. The topological polar surface area (TPSA) is 122 Å². The monoisotopic (exact) mass is 273 g/mol. The fourth-order valence-corrected chi connectivity index (χ4v) is 1.22. The van der Waals surface area contributed by atoms with Gasteiger partial charge in [0.15, 0.2) is 0 Å². The van der Waals surface area contributed by atoms with Crippen LogP contribution in [0.1, 0.15) is 34.6 Å². The maximum absolute atomic E-state index is 11.6. The van der Waals surface area contributed by atoms with Crippen molar-refractivity contribution in [3.8, 4) is 0 Å². The number of nitrogens with one attached hydrogen (secondary N) is 2. The summed E-state index contributed by atoms with van der Waals surface area (Å²) >= 11 is 0. The van der Waals surface area contributed by atoms with Crippen molar-refractivity contribution in [1.29, 1.82) is 0 Å². The van der Waals surface area contributed by atoms with Crippen LogP contribution in [0.25, 0.3) is 0 Å². The highest BCUT2D eigenvalue weighted by Gasteiger charge is 2.33. The molecule has 0 aromatic rings. The van der Waals surface area contributed by atoms with Crippen molar-refractivity contribution in [3.05, 3.63) is 0 Å². The zero-order chi connectivity index (χ0) is 15.4. The Kier molecular flexibility index (Phi) is 5.34. The van der Waals surface area contributed by atoms with Gasteiger partial charge in [-0.15, -0.1) is 0 Å². The molecule has 0 aromatic carbocycles. The second kappa shape index (κ2) is 5.90. The Morgan fingerprint density at radius 1 is 1.16 bits per heavy atom. The first-order valence-electron chi connectivity index (χ1n) is 5.95. The van der Waals surface area contributed by atoms with Gasteiger partial charge in [-0.05, 0) is 19.3 Å². The van der Waals surface area contributed by atoms with Gasteiger partial charge in [0.1, 0.15) is 6.04 Å². The average Bonchev–Trinajstić information content (AvgIpc) is 2.20. The molecule has 0 aliphatic rings. The molecule has 0 saturated carbocycles. The minimum Gasteiger partial charge on any atom is -0.480 e. The van der Waals surface area contributed by atoms with Crippen molar-refractivity contribution < 1.29 is 19.5 Å². The van der Waals surface area contributed by atoms with Crippen LogP contribution >= 0.6 is 0 Å². The summed E-state index contributed by atoms with van der Waals surface area (Å²) < 4.78 is 0. The number of aliphatic carboxylic acids is 1. The molecule has 0 unspecified atom stereocenters. The Labute approximate surface area is 112 Å². The number of rotatable bonds is 5. The van der Waals surface area contributed by atoms with Crippen LogP contribution in [0, 0.1) is 10.8 Å². The molecular formula is C12H23N3O4. The van der Waals surface area contributed by atoms with E-state index in [2.05, 4.69) is 10.6 Å². The third-order valence-corrected chi connectivity index (χ3v) is 2.75. The second-order valence-corrected chi connectivity index (χ2v) is 6.21. The molecule has 0 rings (SSSR count). The van der Waals surface area contributed by atoms with Crippen LogP contribution in [0.5, 0.6) is 0 Å². The number of urea groups is 1. The lowest BCUT2D eigenvalue weighted by molar-refractivity contribution is -0.142. The predicted octanol–water partition coefficient (Wildman–Crippen LogP) is 0.296. The Morgan fingerprint density at radius 3 is 1.95 bits per heavy atom. The Morgan fingerprint density at radius 2 is 1.63 bits per heavy atom. The van der Waals surface area contributed by atoms with Gasteiger partial charge in [-0.1, -0.05) is 20.8 Å². The van der Waals surface area contributed by atoms with Gasteiger partial charge >= 0.3 is 12.0 Å². The smallest absolute Gasteiger partial charge is 0.326 e. The number of primary amides is 1. The SMILES string of the molecule is CC(C)(CNC(=O)N[C@H](C(=O)O)C(C)(C)C)C(N)=O. The highest BCUT2D eigenvalue weighted by molar-refractivity contribution is 5.84. The predicted molar refractivity (Wildman–Crippen MR) is 70.4 cm³/mol. The molecule has 0 heterocycles. The molecule has 0 radical (unpaired) electrons. The van der Waals surface area contributed by atoms with E-state index in [1.54, 1.807) is 34.6 Å². The number of hydrogen-bond donors (Lipinski definition) is 4. The molecule has 3 amide bonds. The number of carbonyl (C=O) groups is 3. The molecule has 110 valence electrons. The normalized spacial score (nSPS) is 13.5. The van der Waals surface area contributed by atoms with E-state index >= 15 is 0 Å². The molecule has 5 N–H and O–H groups in total. The largest absolute Gasteiger partial charge is 0.480 e. The standard InChI is InChI=1S/C12H23N3O4/c1-11(2,3)7(8(16)17)15-10(19)14-6-12(4,5)9(13)18/h7H,6H2,1-5H3,(H2,13,18)(H,16,17)(H2,14,15,19)/t7-/m1/s1. The summed E-state index contributed by atoms with van der Waals surface area (Å²) in [4.78, 5) is 33.8. The highest BCUT2D eigenvalue weighted by Crippen LogP contribution is 2.19. The van der Waals surface area contributed by atoms with Crippen LogP contribution in [0.15, 0.2) is 0 Å². The molecule has 19 heavy (non-hydrogen) atoms. The van der Waals surface area contributed by atoms with Crippen molar-refractivity contribution in [2.24, 2.45) is 16.6 Å². The lowest BCUT2D eigenvalue weighted by Crippen LogP contribution is -2.54. The zero-order valence-electron chi connectivity index (χ0n) is 12.0.